The standard InChI is InChI=1S/C23H17ClN2O2/c24-20-8-10-21(11-9-20)26-23(27)19(15-25)14-17-6-12-22(13-7-17)28-16-18-4-2-1-3-5-18/h1-14H,16H2,(H,26,27)/b19-14-. The van der Waals surface area contributed by atoms with Gasteiger partial charge in [0.2, 0.25) is 0 Å². The first-order chi connectivity index (χ1) is 13.6. The van der Waals surface area contributed by atoms with Crippen LogP contribution in [0.3, 0.4) is 0 Å². The molecule has 0 fully saturated rings. The third-order valence-electron chi connectivity index (χ3n) is 3.91. The van der Waals surface area contributed by atoms with Crippen molar-refractivity contribution in [1.82, 2.24) is 0 Å². The summed E-state index contributed by atoms with van der Waals surface area (Å²) in [5, 5.41) is 12.6. The summed E-state index contributed by atoms with van der Waals surface area (Å²) in [7, 11) is 0. The van der Waals surface area contributed by atoms with Gasteiger partial charge in [-0.3, -0.25) is 4.79 Å². The van der Waals surface area contributed by atoms with Crippen LogP contribution >= 0.6 is 11.6 Å². The van der Waals surface area contributed by atoms with Crippen molar-refractivity contribution in [3.8, 4) is 11.8 Å². The van der Waals surface area contributed by atoms with E-state index >= 15 is 0 Å². The first-order valence-electron chi connectivity index (χ1n) is 8.59. The Balaban J connectivity index is 1.64. The summed E-state index contributed by atoms with van der Waals surface area (Å²) in [5.41, 5.74) is 2.39. The summed E-state index contributed by atoms with van der Waals surface area (Å²) in [6, 6.07) is 25.7. The van der Waals surface area contributed by atoms with Gasteiger partial charge in [-0.25, -0.2) is 0 Å². The summed E-state index contributed by atoms with van der Waals surface area (Å²) in [5.74, 6) is 0.236. The van der Waals surface area contributed by atoms with Gasteiger partial charge in [0.15, 0.2) is 0 Å². The SMILES string of the molecule is N#C/C(=C/c1ccc(OCc2ccccc2)cc1)C(=O)Nc1ccc(Cl)cc1. The quantitative estimate of drug-likeness (QED) is 0.450. The van der Waals surface area contributed by atoms with Crippen molar-refractivity contribution in [3.63, 3.8) is 0 Å². The van der Waals surface area contributed by atoms with Gasteiger partial charge in [0.1, 0.15) is 24.0 Å². The van der Waals surface area contributed by atoms with Gasteiger partial charge in [0.05, 0.1) is 0 Å². The van der Waals surface area contributed by atoms with Gasteiger partial charge >= 0.3 is 0 Å². The van der Waals surface area contributed by atoms with Crippen molar-refractivity contribution in [2.45, 2.75) is 6.61 Å². The lowest BCUT2D eigenvalue weighted by molar-refractivity contribution is -0.112. The zero-order valence-corrected chi connectivity index (χ0v) is 15.7. The molecule has 28 heavy (non-hydrogen) atoms. The molecule has 0 saturated heterocycles. The summed E-state index contributed by atoms with van der Waals surface area (Å²) in [6.07, 6.45) is 1.53. The van der Waals surface area contributed by atoms with Gasteiger partial charge in [-0.15, -0.1) is 0 Å². The highest BCUT2D eigenvalue weighted by atomic mass is 35.5. The van der Waals surface area contributed by atoms with E-state index in [1.807, 2.05) is 36.4 Å². The Morgan fingerprint density at radius 1 is 1.00 bits per heavy atom. The van der Waals surface area contributed by atoms with Crippen molar-refractivity contribution in [1.29, 1.82) is 5.26 Å². The molecule has 0 aliphatic heterocycles. The Labute approximate surface area is 168 Å². The van der Waals surface area contributed by atoms with Crippen LogP contribution in [-0.2, 0) is 11.4 Å². The number of benzene rings is 3. The maximum atomic E-state index is 12.3. The minimum absolute atomic E-state index is 0.00732. The number of halogens is 1. The normalized spacial score (nSPS) is 10.8. The third kappa shape index (κ3) is 5.47. The molecule has 3 aromatic rings. The van der Waals surface area contributed by atoms with Crippen molar-refractivity contribution in [2.75, 3.05) is 5.32 Å². The Morgan fingerprint density at radius 3 is 2.32 bits per heavy atom. The average molecular weight is 389 g/mol. The average Bonchev–Trinajstić information content (AvgIpc) is 2.73. The van der Waals surface area contributed by atoms with E-state index in [1.54, 1.807) is 48.5 Å². The first kappa shape index (κ1) is 19.2. The van der Waals surface area contributed by atoms with Crippen LogP contribution in [0.25, 0.3) is 6.08 Å². The summed E-state index contributed by atoms with van der Waals surface area (Å²) < 4.78 is 5.74. The zero-order valence-electron chi connectivity index (χ0n) is 14.9. The maximum absolute atomic E-state index is 12.3. The van der Waals surface area contributed by atoms with Crippen LogP contribution in [0.15, 0.2) is 84.4 Å². The van der Waals surface area contributed by atoms with Crippen molar-refractivity contribution in [3.05, 3.63) is 101 Å². The van der Waals surface area contributed by atoms with Crippen LogP contribution in [0, 0.1) is 11.3 Å². The molecular weight excluding hydrogens is 372 g/mol. The highest BCUT2D eigenvalue weighted by Crippen LogP contribution is 2.18. The molecule has 3 rings (SSSR count). The van der Waals surface area contributed by atoms with Gasteiger partial charge in [0.25, 0.3) is 5.91 Å². The molecule has 1 N–H and O–H groups in total. The minimum atomic E-state index is -0.478. The topological polar surface area (TPSA) is 62.1 Å². The smallest absolute Gasteiger partial charge is 0.266 e. The maximum Gasteiger partial charge on any atom is 0.266 e. The van der Waals surface area contributed by atoms with Crippen LogP contribution in [0.1, 0.15) is 11.1 Å². The van der Waals surface area contributed by atoms with Gasteiger partial charge in [-0.1, -0.05) is 54.1 Å². The van der Waals surface area contributed by atoms with E-state index in [0.717, 1.165) is 11.1 Å². The number of nitrogens with zero attached hydrogens (tertiary/aromatic N) is 1. The van der Waals surface area contributed by atoms with Crippen molar-refractivity contribution in [2.24, 2.45) is 0 Å². The Bertz CT molecular complexity index is 1010. The molecule has 0 unspecified atom stereocenters. The molecule has 0 heterocycles. The van der Waals surface area contributed by atoms with E-state index in [4.69, 9.17) is 16.3 Å². The third-order valence-corrected chi connectivity index (χ3v) is 4.16. The van der Waals surface area contributed by atoms with E-state index in [0.29, 0.717) is 23.1 Å². The molecule has 5 heteroatoms. The molecule has 0 saturated carbocycles. The summed E-state index contributed by atoms with van der Waals surface area (Å²) in [4.78, 5) is 12.3. The van der Waals surface area contributed by atoms with Crippen LogP contribution in [-0.4, -0.2) is 5.91 Å². The number of carbonyl (C=O) groups excluding carboxylic acids is 1. The van der Waals surface area contributed by atoms with Crippen LogP contribution < -0.4 is 10.1 Å². The predicted octanol–water partition coefficient (Wildman–Crippen LogP) is 5.46. The molecule has 0 atom stereocenters. The number of hydrogen-bond donors (Lipinski definition) is 1. The fraction of sp³-hybridized carbons (Fsp3) is 0.0435. The Morgan fingerprint density at radius 2 is 1.68 bits per heavy atom. The second-order valence-electron chi connectivity index (χ2n) is 5.97. The molecule has 0 bridgehead atoms. The van der Waals surface area contributed by atoms with Crippen molar-refractivity contribution < 1.29 is 9.53 Å². The lowest BCUT2D eigenvalue weighted by Gasteiger charge is -2.07. The van der Waals surface area contributed by atoms with E-state index in [2.05, 4.69) is 5.32 Å². The molecular formula is C23H17ClN2O2. The summed E-state index contributed by atoms with van der Waals surface area (Å²) in [6.45, 7) is 0.475. The number of amides is 1. The zero-order chi connectivity index (χ0) is 19.8. The number of rotatable bonds is 6. The predicted molar refractivity (Wildman–Crippen MR) is 111 cm³/mol. The van der Waals surface area contributed by atoms with E-state index in [1.165, 1.54) is 6.08 Å². The number of nitrogens with one attached hydrogen (secondary N) is 1. The molecule has 3 aromatic carbocycles. The van der Waals surface area contributed by atoms with Gasteiger partial charge in [0, 0.05) is 10.7 Å². The molecule has 4 nitrogen and oxygen atoms in total. The number of hydrogen-bond acceptors (Lipinski definition) is 3. The first-order valence-corrected chi connectivity index (χ1v) is 8.97. The number of carbonyl (C=O) groups is 1. The lowest BCUT2D eigenvalue weighted by Crippen LogP contribution is -2.13. The monoisotopic (exact) mass is 388 g/mol. The molecule has 0 aromatic heterocycles. The van der Waals surface area contributed by atoms with Crippen LogP contribution in [0.4, 0.5) is 5.69 Å². The van der Waals surface area contributed by atoms with Gasteiger partial charge in [-0.05, 0) is 53.6 Å². The van der Waals surface area contributed by atoms with E-state index in [-0.39, 0.29) is 5.57 Å². The summed E-state index contributed by atoms with van der Waals surface area (Å²) >= 11 is 5.83. The van der Waals surface area contributed by atoms with Gasteiger partial charge in [-0.2, -0.15) is 5.26 Å². The second kappa shape index (κ2) is 9.40. The second-order valence-corrected chi connectivity index (χ2v) is 6.41. The molecule has 138 valence electrons. The van der Waals surface area contributed by atoms with E-state index < -0.39 is 5.91 Å². The number of anilines is 1. The largest absolute Gasteiger partial charge is 0.489 e. The number of nitriles is 1. The van der Waals surface area contributed by atoms with Crippen LogP contribution in [0.2, 0.25) is 5.02 Å². The number of ether oxygens (including phenoxy) is 1. The minimum Gasteiger partial charge on any atom is -0.489 e. The molecule has 0 spiro atoms. The van der Waals surface area contributed by atoms with Gasteiger partial charge < -0.3 is 10.1 Å². The highest BCUT2D eigenvalue weighted by Gasteiger charge is 2.09. The molecule has 0 radical (unpaired) electrons. The van der Waals surface area contributed by atoms with Crippen LogP contribution in [0.5, 0.6) is 5.75 Å². The fourth-order valence-electron chi connectivity index (χ4n) is 2.45. The Hall–Kier alpha value is -3.55. The fourth-order valence-corrected chi connectivity index (χ4v) is 2.57. The lowest BCUT2D eigenvalue weighted by atomic mass is 10.1. The van der Waals surface area contributed by atoms with Crippen molar-refractivity contribution >= 4 is 29.3 Å². The molecule has 1 amide bonds. The van der Waals surface area contributed by atoms with E-state index in [9.17, 15) is 10.1 Å². The Kier molecular flexibility index (Phi) is 6.46. The molecule has 0 aliphatic carbocycles. The molecule has 0 aliphatic rings. The highest BCUT2D eigenvalue weighted by molar-refractivity contribution is 6.30.